The molecule has 1 aliphatic rings. The first kappa shape index (κ1) is 7.08. The van der Waals surface area contributed by atoms with Gasteiger partial charge in [0.15, 0.2) is 0 Å². The molecule has 1 aliphatic heterocycles. The molecule has 54 valence electrons. The fourth-order valence-electron chi connectivity index (χ4n) is 0.501. The number of nitrogens with zero attached hydrogens (tertiary/aromatic N) is 2. The Morgan fingerprint density at radius 2 is 2.50 bits per heavy atom. The maximum Gasteiger partial charge on any atom is 0.432 e. The van der Waals surface area contributed by atoms with Gasteiger partial charge in [0.2, 0.25) is 0 Å². The molecule has 0 aromatic carbocycles. The Balaban J connectivity index is 2.62. The number of rotatable bonds is 0. The molecule has 1 N–H and O–H groups in total. The van der Waals surface area contributed by atoms with Gasteiger partial charge in [-0.05, 0) is 6.08 Å². The first-order valence-corrected chi connectivity index (χ1v) is 3.02. The summed E-state index contributed by atoms with van der Waals surface area (Å²) < 4.78 is 0. The molecule has 1 heterocycles. The lowest BCUT2D eigenvalue weighted by molar-refractivity contribution is 0.164. The van der Waals surface area contributed by atoms with Crippen LogP contribution in [0.1, 0.15) is 0 Å². The van der Waals surface area contributed by atoms with Gasteiger partial charge in [-0.2, -0.15) is 10.1 Å². The van der Waals surface area contributed by atoms with E-state index in [1.54, 1.807) is 0 Å². The number of hydrogen-bond donors (Lipinski definition) is 1. The van der Waals surface area contributed by atoms with Crippen LogP contribution >= 0.6 is 11.6 Å². The molecule has 0 radical (unpaired) electrons. The summed E-state index contributed by atoms with van der Waals surface area (Å²) in [5, 5.41) is 12.3. The zero-order valence-electron chi connectivity index (χ0n) is 4.94. The van der Waals surface area contributed by atoms with Gasteiger partial charge in [-0.15, -0.1) is 11.6 Å². The van der Waals surface area contributed by atoms with Gasteiger partial charge in [-0.25, -0.2) is 4.79 Å². The van der Waals surface area contributed by atoms with Crippen LogP contribution in [0.3, 0.4) is 0 Å². The van der Waals surface area contributed by atoms with Crippen LogP contribution < -0.4 is 0 Å². The summed E-state index contributed by atoms with van der Waals surface area (Å²) in [5.74, 6) is 0. The molecule has 1 unspecified atom stereocenters. The third kappa shape index (κ3) is 1.48. The molecule has 0 saturated heterocycles. The molecule has 0 aromatic rings. The van der Waals surface area contributed by atoms with Gasteiger partial charge in [0.1, 0.15) is 0 Å². The Hall–Kier alpha value is -1.03. The van der Waals surface area contributed by atoms with Crippen LogP contribution in [0.25, 0.3) is 0 Å². The highest BCUT2D eigenvalue weighted by Gasteiger charge is 2.10. The number of carbonyl (C=O) groups is 1. The normalized spacial score (nSPS) is 23.3. The zero-order valence-corrected chi connectivity index (χ0v) is 5.69. The second-order valence-electron chi connectivity index (χ2n) is 1.68. The van der Waals surface area contributed by atoms with Crippen molar-refractivity contribution in [3.8, 4) is 0 Å². The van der Waals surface area contributed by atoms with E-state index >= 15 is 0 Å². The Kier molecular flexibility index (Phi) is 1.91. The number of hydrazone groups is 1. The summed E-state index contributed by atoms with van der Waals surface area (Å²) in [6.45, 7) is 0. The molecule has 10 heavy (non-hydrogen) atoms. The smallest absolute Gasteiger partial charge is 0.432 e. The van der Waals surface area contributed by atoms with Crippen LogP contribution in [0.2, 0.25) is 0 Å². The molecule has 4 nitrogen and oxygen atoms in total. The van der Waals surface area contributed by atoms with E-state index in [1.807, 2.05) is 0 Å². The highest BCUT2D eigenvalue weighted by molar-refractivity contribution is 6.29. The summed E-state index contributed by atoms with van der Waals surface area (Å²) in [4.78, 5) is 10.2. The molecule has 0 aliphatic carbocycles. The standard InChI is InChI=1S/C5H5ClN2O2/c6-4-1-2-8(5(9)10)7-3-4/h1-4H,(H,9,10). The van der Waals surface area contributed by atoms with Crippen molar-refractivity contribution in [3.05, 3.63) is 12.3 Å². The van der Waals surface area contributed by atoms with Crippen molar-refractivity contribution >= 4 is 23.9 Å². The number of alkyl halides is 1. The summed E-state index contributed by atoms with van der Waals surface area (Å²) in [5.41, 5.74) is 0. The topological polar surface area (TPSA) is 52.9 Å². The number of halogens is 1. The number of amides is 1. The van der Waals surface area contributed by atoms with Crippen molar-refractivity contribution in [3.63, 3.8) is 0 Å². The minimum Gasteiger partial charge on any atom is -0.463 e. The molecular formula is C5H5ClN2O2. The van der Waals surface area contributed by atoms with Crippen molar-refractivity contribution in [2.45, 2.75) is 5.38 Å². The second-order valence-corrected chi connectivity index (χ2v) is 2.18. The summed E-state index contributed by atoms with van der Waals surface area (Å²) in [7, 11) is 0. The lowest BCUT2D eigenvalue weighted by Gasteiger charge is -2.11. The van der Waals surface area contributed by atoms with Crippen molar-refractivity contribution in [2.24, 2.45) is 5.10 Å². The first-order valence-electron chi connectivity index (χ1n) is 2.59. The molecule has 0 aromatic heterocycles. The molecule has 0 bridgehead atoms. The Morgan fingerprint density at radius 1 is 1.80 bits per heavy atom. The minimum absolute atomic E-state index is 0.296. The van der Waals surface area contributed by atoms with Crippen LogP contribution in [-0.4, -0.2) is 27.8 Å². The monoisotopic (exact) mass is 160 g/mol. The highest BCUT2D eigenvalue weighted by Crippen LogP contribution is 2.04. The van der Waals surface area contributed by atoms with Crippen molar-refractivity contribution in [2.75, 3.05) is 0 Å². The average molecular weight is 161 g/mol. The lowest BCUT2D eigenvalue weighted by Crippen LogP contribution is -2.21. The predicted molar refractivity (Wildman–Crippen MR) is 37.1 cm³/mol. The van der Waals surface area contributed by atoms with Crippen LogP contribution in [0, 0.1) is 0 Å². The molecule has 1 rings (SSSR count). The van der Waals surface area contributed by atoms with Crippen molar-refractivity contribution < 1.29 is 9.90 Å². The first-order chi connectivity index (χ1) is 4.70. The Morgan fingerprint density at radius 3 is 2.90 bits per heavy atom. The highest BCUT2D eigenvalue weighted by atomic mass is 35.5. The maximum atomic E-state index is 10.2. The molecule has 5 heteroatoms. The van der Waals surface area contributed by atoms with Gasteiger partial charge in [0.05, 0.1) is 5.38 Å². The van der Waals surface area contributed by atoms with Gasteiger partial charge in [-0.3, -0.25) is 0 Å². The van der Waals surface area contributed by atoms with Crippen molar-refractivity contribution in [1.29, 1.82) is 0 Å². The van der Waals surface area contributed by atoms with E-state index in [1.165, 1.54) is 18.5 Å². The third-order valence-corrected chi connectivity index (χ3v) is 1.20. The van der Waals surface area contributed by atoms with Crippen LogP contribution in [-0.2, 0) is 0 Å². The second kappa shape index (κ2) is 2.70. The van der Waals surface area contributed by atoms with E-state index in [2.05, 4.69) is 5.10 Å². The molecule has 1 atom stereocenters. The molecular weight excluding hydrogens is 156 g/mol. The van der Waals surface area contributed by atoms with Gasteiger partial charge >= 0.3 is 6.09 Å². The molecule has 0 saturated carbocycles. The number of allylic oxidation sites excluding steroid dienone is 1. The van der Waals surface area contributed by atoms with E-state index in [9.17, 15) is 4.79 Å². The van der Waals surface area contributed by atoms with Gasteiger partial charge < -0.3 is 5.11 Å². The van der Waals surface area contributed by atoms with Crippen molar-refractivity contribution in [1.82, 2.24) is 5.01 Å². The minimum atomic E-state index is -1.11. The van der Waals surface area contributed by atoms with E-state index in [0.29, 0.717) is 0 Å². The zero-order chi connectivity index (χ0) is 7.56. The molecule has 1 amide bonds. The molecule has 0 fully saturated rings. The van der Waals surface area contributed by atoms with Crippen LogP contribution in [0.4, 0.5) is 4.79 Å². The fourth-order valence-corrected chi connectivity index (χ4v) is 0.616. The predicted octanol–water partition coefficient (Wildman–Crippen LogP) is 1.09. The number of hydrogen-bond acceptors (Lipinski definition) is 2. The number of carboxylic acid groups (broad SMARTS) is 1. The maximum absolute atomic E-state index is 10.2. The van der Waals surface area contributed by atoms with E-state index in [4.69, 9.17) is 16.7 Å². The van der Waals surface area contributed by atoms with Gasteiger partial charge in [0, 0.05) is 12.4 Å². The van der Waals surface area contributed by atoms with E-state index in [-0.39, 0.29) is 5.38 Å². The summed E-state index contributed by atoms with van der Waals surface area (Å²) in [6, 6.07) is 0. The largest absolute Gasteiger partial charge is 0.463 e. The van der Waals surface area contributed by atoms with Crippen LogP contribution in [0.15, 0.2) is 17.4 Å². The fraction of sp³-hybridized carbons (Fsp3) is 0.200. The average Bonchev–Trinajstić information content (AvgIpc) is 1.88. The molecule has 0 spiro atoms. The summed E-state index contributed by atoms with van der Waals surface area (Å²) in [6.07, 6.45) is 3.06. The van der Waals surface area contributed by atoms with E-state index in [0.717, 1.165) is 5.01 Å². The van der Waals surface area contributed by atoms with Gasteiger partial charge in [0.25, 0.3) is 0 Å². The Labute approximate surface area is 62.4 Å². The Bertz CT molecular complexity index is 188. The van der Waals surface area contributed by atoms with Gasteiger partial charge in [-0.1, -0.05) is 0 Å². The SMILES string of the molecule is O=C(O)N1C=CC(Cl)C=N1. The quantitative estimate of drug-likeness (QED) is 0.540. The van der Waals surface area contributed by atoms with Crippen LogP contribution in [0.5, 0.6) is 0 Å². The van der Waals surface area contributed by atoms with E-state index < -0.39 is 6.09 Å². The third-order valence-electron chi connectivity index (χ3n) is 0.941. The lowest BCUT2D eigenvalue weighted by atomic mass is 10.4. The summed E-state index contributed by atoms with van der Waals surface area (Å²) >= 11 is 5.53.